The molecule has 1 amide bonds. The number of nitrogens with one attached hydrogen (secondary N) is 2. The Balaban J connectivity index is 1.84. The quantitative estimate of drug-likeness (QED) is 0.686. The number of hydrogen-bond donors (Lipinski definition) is 3. The molecule has 0 aliphatic carbocycles. The van der Waals surface area contributed by atoms with Crippen molar-refractivity contribution in [3.8, 4) is 0 Å². The van der Waals surface area contributed by atoms with Crippen LogP contribution in [-0.2, 0) is 22.7 Å². The standard InChI is InChI=1S/C19H22N2O4/c1-14(20-12-15-8-4-2-5-9-15)17(18(22)23)21-19(24)25-13-16-10-6-3-7-11-16/h2-11,14,17,20H,12-13H2,1H3,(H,21,24)(H,22,23)/t14-,17-/m1/s1. The molecule has 2 atom stereocenters. The number of aliphatic carboxylic acids is 1. The van der Waals surface area contributed by atoms with E-state index in [2.05, 4.69) is 10.6 Å². The molecule has 132 valence electrons. The topological polar surface area (TPSA) is 87.7 Å². The monoisotopic (exact) mass is 342 g/mol. The second-order valence-corrected chi connectivity index (χ2v) is 5.68. The average Bonchev–Trinajstić information content (AvgIpc) is 2.64. The maximum absolute atomic E-state index is 11.9. The largest absolute Gasteiger partial charge is 0.480 e. The Hall–Kier alpha value is -2.86. The zero-order valence-corrected chi connectivity index (χ0v) is 14.0. The summed E-state index contributed by atoms with van der Waals surface area (Å²) in [6, 6.07) is 17.3. The average molecular weight is 342 g/mol. The number of benzene rings is 2. The van der Waals surface area contributed by atoms with Crippen molar-refractivity contribution in [1.29, 1.82) is 0 Å². The molecule has 25 heavy (non-hydrogen) atoms. The van der Waals surface area contributed by atoms with Crippen LogP contribution < -0.4 is 10.6 Å². The van der Waals surface area contributed by atoms with Gasteiger partial charge in [-0.1, -0.05) is 60.7 Å². The van der Waals surface area contributed by atoms with E-state index < -0.39 is 24.1 Å². The molecule has 0 bridgehead atoms. The lowest BCUT2D eigenvalue weighted by Crippen LogP contribution is -2.52. The minimum atomic E-state index is -1.12. The number of carbonyl (C=O) groups is 2. The van der Waals surface area contributed by atoms with Crippen LogP contribution in [0.2, 0.25) is 0 Å². The van der Waals surface area contributed by atoms with E-state index in [0.29, 0.717) is 6.54 Å². The van der Waals surface area contributed by atoms with Crippen LogP contribution in [0.3, 0.4) is 0 Å². The van der Waals surface area contributed by atoms with E-state index >= 15 is 0 Å². The molecule has 0 aliphatic heterocycles. The smallest absolute Gasteiger partial charge is 0.408 e. The minimum absolute atomic E-state index is 0.0881. The highest BCUT2D eigenvalue weighted by Gasteiger charge is 2.26. The molecule has 2 aromatic carbocycles. The SMILES string of the molecule is C[C@@H](NCc1ccccc1)[C@@H](NC(=O)OCc1ccccc1)C(=O)O. The van der Waals surface area contributed by atoms with E-state index in [0.717, 1.165) is 11.1 Å². The first-order valence-electron chi connectivity index (χ1n) is 8.03. The van der Waals surface area contributed by atoms with Crippen molar-refractivity contribution in [3.63, 3.8) is 0 Å². The molecular weight excluding hydrogens is 320 g/mol. The molecule has 0 heterocycles. The Kier molecular flexibility index (Phi) is 6.98. The molecule has 0 unspecified atom stereocenters. The Morgan fingerprint density at radius 1 is 1.00 bits per heavy atom. The van der Waals surface area contributed by atoms with E-state index in [4.69, 9.17) is 4.74 Å². The number of alkyl carbamates (subject to hydrolysis) is 1. The number of hydrogen-bond acceptors (Lipinski definition) is 4. The fraction of sp³-hybridized carbons (Fsp3) is 0.263. The highest BCUT2D eigenvalue weighted by atomic mass is 16.5. The van der Waals surface area contributed by atoms with Crippen molar-refractivity contribution in [1.82, 2.24) is 10.6 Å². The summed E-state index contributed by atoms with van der Waals surface area (Å²) in [4.78, 5) is 23.3. The van der Waals surface area contributed by atoms with E-state index in [-0.39, 0.29) is 6.61 Å². The molecule has 0 aromatic heterocycles. The van der Waals surface area contributed by atoms with Crippen LogP contribution in [0.15, 0.2) is 60.7 Å². The van der Waals surface area contributed by atoms with E-state index in [1.54, 1.807) is 6.92 Å². The van der Waals surface area contributed by atoms with Crippen molar-refractivity contribution in [2.75, 3.05) is 0 Å². The summed E-state index contributed by atoms with van der Waals surface area (Å²) in [5.41, 5.74) is 1.87. The number of carboxylic acid groups (broad SMARTS) is 1. The minimum Gasteiger partial charge on any atom is -0.480 e. The van der Waals surface area contributed by atoms with E-state index in [1.807, 2.05) is 60.7 Å². The number of ether oxygens (including phenoxy) is 1. The van der Waals surface area contributed by atoms with Gasteiger partial charge in [-0.15, -0.1) is 0 Å². The first-order valence-corrected chi connectivity index (χ1v) is 8.03. The molecule has 3 N–H and O–H groups in total. The second-order valence-electron chi connectivity index (χ2n) is 5.68. The summed E-state index contributed by atoms with van der Waals surface area (Å²) >= 11 is 0. The molecule has 0 aliphatic rings. The predicted molar refractivity (Wildman–Crippen MR) is 93.9 cm³/mol. The van der Waals surface area contributed by atoms with Gasteiger partial charge in [0.1, 0.15) is 12.6 Å². The zero-order chi connectivity index (χ0) is 18.1. The molecule has 2 rings (SSSR count). The Bertz CT molecular complexity index is 676. The van der Waals surface area contributed by atoms with Crippen LogP contribution in [0.5, 0.6) is 0 Å². The van der Waals surface area contributed by atoms with Crippen LogP contribution in [0.25, 0.3) is 0 Å². The lowest BCUT2D eigenvalue weighted by Gasteiger charge is -2.22. The maximum atomic E-state index is 11.9. The first kappa shape index (κ1) is 18.5. The van der Waals surface area contributed by atoms with Gasteiger partial charge in [-0.25, -0.2) is 9.59 Å². The van der Waals surface area contributed by atoms with Crippen molar-refractivity contribution >= 4 is 12.1 Å². The van der Waals surface area contributed by atoms with Crippen molar-refractivity contribution < 1.29 is 19.4 Å². The molecule has 6 heteroatoms. The van der Waals surface area contributed by atoms with Gasteiger partial charge in [0.25, 0.3) is 0 Å². The Morgan fingerprint density at radius 2 is 1.56 bits per heavy atom. The fourth-order valence-electron chi connectivity index (χ4n) is 2.28. The molecular formula is C19H22N2O4. The lowest BCUT2D eigenvalue weighted by atomic mass is 10.1. The van der Waals surface area contributed by atoms with Crippen molar-refractivity contribution in [2.24, 2.45) is 0 Å². The van der Waals surface area contributed by atoms with Crippen LogP contribution in [0.1, 0.15) is 18.1 Å². The number of rotatable bonds is 8. The summed E-state index contributed by atoms with van der Waals surface area (Å²) in [5.74, 6) is -1.12. The molecule has 0 saturated heterocycles. The highest BCUT2D eigenvalue weighted by Crippen LogP contribution is 2.03. The van der Waals surface area contributed by atoms with Gasteiger partial charge in [-0.05, 0) is 18.1 Å². The number of carboxylic acids is 1. The second kappa shape index (κ2) is 9.44. The van der Waals surface area contributed by atoms with Gasteiger partial charge in [-0.3, -0.25) is 0 Å². The van der Waals surface area contributed by atoms with E-state index in [1.165, 1.54) is 0 Å². The summed E-state index contributed by atoms with van der Waals surface area (Å²) in [5, 5.41) is 14.9. The van der Waals surface area contributed by atoms with Crippen molar-refractivity contribution in [2.45, 2.75) is 32.2 Å². The van der Waals surface area contributed by atoms with Gasteiger partial charge in [-0.2, -0.15) is 0 Å². The molecule has 0 radical (unpaired) electrons. The van der Waals surface area contributed by atoms with Crippen LogP contribution in [0.4, 0.5) is 4.79 Å². The number of carbonyl (C=O) groups excluding carboxylic acids is 1. The highest BCUT2D eigenvalue weighted by molar-refractivity contribution is 5.80. The summed E-state index contributed by atoms with van der Waals surface area (Å²) in [7, 11) is 0. The van der Waals surface area contributed by atoms with Gasteiger partial charge in [0.05, 0.1) is 0 Å². The predicted octanol–water partition coefficient (Wildman–Crippen LogP) is 2.54. The molecule has 2 aromatic rings. The van der Waals surface area contributed by atoms with Crippen LogP contribution in [-0.4, -0.2) is 29.3 Å². The van der Waals surface area contributed by atoms with Crippen LogP contribution in [0, 0.1) is 0 Å². The number of amides is 1. The molecule has 6 nitrogen and oxygen atoms in total. The van der Waals surface area contributed by atoms with Gasteiger partial charge in [0.15, 0.2) is 0 Å². The third-order valence-electron chi connectivity index (χ3n) is 3.72. The Morgan fingerprint density at radius 3 is 2.12 bits per heavy atom. The lowest BCUT2D eigenvalue weighted by molar-refractivity contribution is -0.140. The molecule has 0 saturated carbocycles. The normalized spacial score (nSPS) is 12.8. The third-order valence-corrected chi connectivity index (χ3v) is 3.72. The van der Waals surface area contributed by atoms with Gasteiger partial charge < -0.3 is 20.5 Å². The molecule has 0 fully saturated rings. The summed E-state index contributed by atoms with van der Waals surface area (Å²) in [6.07, 6.45) is -0.760. The Labute approximate surface area is 146 Å². The van der Waals surface area contributed by atoms with Crippen molar-refractivity contribution in [3.05, 3.63) is 71.8 Å². The first-order chi connectivity index (χ1) is 12.1. The van der Waals surface area contributed by atoms with Gasteiger partial charge in [0, 0.05) is 12.6 Å². The van der Waals surface area contributed by atoms with Gasteiger partial charge >= 0.3 is 12.1 Å². The summed E-state index contributed by atoms with van der Waals surface area (Å²) < 4.78 is 5.08. The van der Waals surface area contributed by atoms with Gasteiger partial charge in [0.2, 0.25) is 0 Å². The fourth-order valence-corrected chi connectivity index (χ4v) is 2.28. The molecule has 0 spiro atoms. The maximum Gasteiger partial charge on any atom is 0.408 e. The third kappa shape index (κ3) is 6.27. The zero-order valence-electron chi connectivity index (χ0n) is 14.0. The van der Waals surface area contributed by atoms with E-state index in [9.17, 15) is 14.7 Å². The van der Waals surface area contributed by atoms with Crippen LogP contribution >= 0.6 is 0 Å². The summed E-state index contributed by atoms with van der Waals surface area (Å²) in [6.45, 7) is 2.30.